The predicted molar refractivity (Wildman–Crippen MR) is 129 cm³/mol. The van der Waals surface area contributed by atoms with Gasteiger partial charge in [-0.3, -0.25) is 14.5 Å². The summed E-state index contributed by atoms with van der Waals surface area (Å²) in [5.74, 6) is -1.88. The summed E-state index contributed by atoms with van der Waals surface area (Å²) in [6, 6.07) is 17.0. The van der Waals surface area contributed by atoms with Gasteiger partial charge >= 0.3 is 0 Å². The van der Waals surface area contributed by atoms with Crippen LogP contribution in [0.15, 0.2) is 72.3 Å². The van der Waals surface area contributed by atoms with Gasteiger partial charge in [-0.2, -0.15) is 0 Å². The molecule has 1 unspecified atom stereocenters. The van der Waals surface area contributed by atoms with Crippen LogP contribution in [0.4, 0.5) is 10.1 Å². The third-order valence-corrected chi connectivity index (χ3v) is 6.14. The molecule has 1 fully saturated rings. The second kappa shape index (κ2) is 9.14. The minimum absolute atomic E-state index is 0.0828. The van der Waals surface area contributed by atoms with Gasteiger partial charge in [0.1, 0.15) is 17.3 Å². The fraction of sp³-hybridized carbons (Fsp3) is 0.214. The lowest BCUT2D eigenvalue weighted by Crippen LogP contribution is -2.30. The van der Waals surface area contributed by atoms with Crippen molar-refractivity contribution in [2.45, 2.75) is 32.7 Å². The average Bonchev–Trinajstić information content (AvgIpc) is 3.09. The Balaban J connectivity index is 1.99. The van der Waals surface area contributed by atoms with Gasteiger partial charge in [0.05, 0.1) is 18.7 Å². The average molecular weight is 460 g/mol. The smallest absolute Gasteiger partial charge is 0.300 e. The van der Waals surface area contributed by atoms with E-state index in [4.69, 9.17) is 4.74 Å². The highest BCUT2D eigenvalue weighted by Gasteiger charge is 2.48. The quantitative estimate of drug-likeness (QED) is 0.293. The maximum atomic E-state index is 15.0. The molecule has 0 radical (unpaired) electrons. The van der Waals surface area contributed by atoms with Gasteiger partial charge in [0.25, 0.3) is 11.7 Å². The Morgan fingerprint density at radius 3 is 2.35 bits per heavy atom. The van der Waals surface area contributed by atoms with Crippen molar-refractivity contribution in [1.29, 1.82) is 0 Å². The zero-order chi connectivity index (χ0) is 24.6. The van der Waals surface area contributed by atoms with Crippen LogP contribution >= 0.6 is 0 Å². The summed E-state index contributed by atoms with van der Waals surface area (Å²) in [6.45, 7) is 5.78. The molecule has 0 saturated carbocycles. The number of benzene rings is 3. The summed E-state index contributed by atoms with van der Waals surface area (Å²) in [6.07, 6.45) is 0. The Kier molecular flexibility index (Phi) is 6.24. The zero-order valence-corrected chi connectivity index (χ0v) is 19.5. The predicted octanol–water partition coefficient (Wildman–Crippen LogP) is 5.89. The monoisotopic (exact) mass is 459 g/mol. The molecule has 3 aromatic carbocycles. The second-order valence-electron chi connectivity index (χ2n) is 8.59. The first kappa shape index (κ1) is 23.2. The summed E-state index contributed by atoms with van der Waals surface area (Å²) < 4.78 is 20.4. The Bertz CT molecular complexity index is 1310. The summed E-state index contributed by atoms with van der Waals surface area (Å²) in [5, 5.41) is 11.4. The molecule has 0 aliphatic carbocycles. The van der Waals surface area contributed by atoms with Crippen LogP contribution in [0.3, 0.4) is 0 Å². The zero-order valence-electron chi connectivity index (χ0n) is 19.5. The lowest BCUT2D eigenvalue weighted by molar-refractivity contribution is -0.132. The van der Waals surface area contributed by atoms with Gasteiger partial charge in [-0.05, 0) is 54.3 Å². The number of aliphatic hydroxyl groups is 1. The van der Waals surface area contributed by atoms with Gasteiger partial charge in [-0.15, -0.1) is 0 Å². The van der Waals surface area contributed by atoms with Crippen LogP contribution in [-0.4, -0.2) is 23.9 Å². The van der Waals surface area contributed by atoms with Crippen LogP contribution < -0.4 is 9.64 Å². The van der Waals surface area contributed by atoms with Crippen molar-refractivity contribution in [3.8, 4) is 5.75 Å². The molecule has 1 heterocycles. The van der Waals surface area contributed by atoms with Crippen molar-refractivity contribution in [2.24, 2.45) is 0 Å². The van der Waals surface area contributed by atoms with Crippen LogP contribution in [0.5, 0.6) is 5.75 Å². The van der Waals surface area contributed by atoms with Crippen molar-refractivity contribution in [1.82, 2.24) is 0 Å². The number of anilines is 1. The molecule has 1 amide bonds. The highest BCUT2D eigenvalue weighted by molar-refractivity contribution is 6.51. The van der Waals surface area contributed by atoms with Crippen molar-refractivity contribution in [3.63, 3.8) is 0 Å². The number of Topliss-reactive ketones (excluding diaryl/α,β-unsaturated/α-hetero) is 1. The number of aliphatic hydroxyl groups excluding tert-OH is 1. The number of ether oxygens (including phenoxy) is 1. The fourth-order valence-electron chi connectivity index (χ4n) is 4.39. The molecular formula is C28H26FNO4. The third kappa shape index (κ3) is 3.85. The van der Waals surface area contributed by atoms with Gasteiger partial charge in [0.2, 0.25) is 0 Å². The Labute approximate surface area is 198 Å². The lowest BCUT2D eigenvalue weighted by Gasteiger charge is -2.27. The van der Waals surface area contributed by atoms with E-state index in [0.717, 1.165) is 11.1 Å². The number of para-hydroxylation sites is 1. The molecule has 174 valence electrons. The number of aryl methyl sites for hydroxylation is 1. The number of ketones is 1. The molecule has 1 aliphatic rings. The van der Waals surface area contributed by atoms with Gasteiger partial charge in [-0.25, -0.2) is 4.39 Å². The molecule has 5 nitrogen and oxygen atoms in total. The van der Waals surface area contributed by atoms with Crippen LogP contribution in [0.25, 0.3) is 5.76 Å². The van der Waals surface area contributed by atoms with Crippen molar-refractivity contribution >= 4 is 23.1 Å². The number of nitrogens with zero attached hydrogens (tertiary/aromatic N) is 1. The molecule has 34 heavy (non-hydrogen) atoms. The van der Waals surface area contributed by atoms with E-state index in [2.05, 4.69) is 0 Å². The second-order valence-corrected chi connectivity index (χ2v) is 8.59. The van der Waals surface area contributed by atoms with E-state index in [1.807, 2.05) is 32.9 Å². The van der Waals surface area contributed by atoms with E-state index in [0.29, 0.717) is 17.0 Å². The van der Waals surface area contributed by atoms with E-state index in [9.17, 15) is 14.7 Å². The largest absolute Gasteiger partial charge is 0.507 e. The van der Waals surface area contributed by atoms with Crippen LogP contribution in [0, 0.1) is 12.7 Å². The van der Waals surface area contributed by atoms with E-state index in [1.54, 1.807) is 43.5 Å². The SMILES string of the molecule is COc1ccc(/C(O)=C2\C(=O)C(=O)N(c3ccccc3C)C2c2ccccc2F)cc1C(C)C. The van der Waals surface area contributed by atoms with E-state index >= 15 is 4.39 Å². The van der Waals surface area contributed by atoms with Crippen LogP contribution in [-0.2, 0) is 9.59 Å². The van der Waals surface area contributed by atoms with E-state index < -0.39 is 23.5 Å². The molecule has 0 bridgehead atoms. The molecular weight excluding hydrogens is 433 g/mol. The number of carbonyl (C=O) groups is 2. The molecule has 0 spiro atoms. The van der Waals surface area contributed by atoms with Crippen molar-refractivity contribution in [2.75, 3.05) is 12.0 Å². The summed E-state index contributed by atoms with van der Waals surface area (Å²) in [4.78, 5) is 27.8. The maximum Gasteiger partial charge on any atom is 0.300 e. The molecule has 3 aromatic rings. The van der Waals surface area contributed by atoms with E-state index in [1.165, 1.54) is 23.1 Å². The molecule has 1 aliphatic heterocycles. The number of amides is 1. The van der Waals surface area contributed by atoms with Gasteiger partial charge in [0.15, 0.2) is 0 Å². The first-order valence-corrected chi connectivity index (χ1v) is 11.1. The molecule has 1 saturated heterocycles. The van der Waals surface area contributed by atoms with E-state index in [-0.39, 0.29) is 22.8 Å². The number of rotatable bonds is 5. The molecule has 4 rings (SSSR count). The molecule has 0 aromatic heterocycles. The summed E-state index contributed by atoms with van der Waals surface area (Å²) in [5.41, 5.74) is 2.39. The minimum Gasteiger partial charge on any atom is -0.507 e. The Morgan fingerprint density at radius 1 is 1.03 bits per heavy atom. The highest BCUT2D eigenvalue weighted by atomic mass is 19.1. The van der Waals surface area contributed by atoms with Gasteiger partial charge < -0.3 is 9.84 Å². The third-order valence-electron chi connectivity index (χ3n) is 6.14. The molecule has 1 N–H and O–H groups in total. The maximum absolute atomic E-state index is 15.0. The Hall–Kier alpha value is -3.93. The van der Waals surface area contributed by atoms with Crippen LogP contribution in [0.1, 0.15) is 48.1 Å². The fourth-order valence-corrected chi connectivity index (χ4v) is 4.39. The summed E-state index contributed by atoms with van der Waals surface area (Å²) in [7, 11) is 1.56. The number of hydrogen-bond acceptors (Lipinski definition) is 4. The number of carbonyl (C=O) groups excluding carboxylic acids is 2. The Morgan fingerprint density at radius 2 is 1.71 bits per heavy atom. The van der Waals surface area contributed by atoms with Gasteiger partial charge in [-0.1, -0.05) is 50.2 Å². The lowest BCUT2D eigenvalue weighted by atomic mass is 9.92. The van der Waals surface area contributed by atoms with Crippen molar-refractivity contribution in [3.05, 3.63) is 100 Å². The first-order valence-electron chi connectivity index (χ1n) is 11.1. The normalized spacial score (nSPS) is 17.5. The number of methoxy groups -OCH3 is 1. The summed E-state index contributed by atoms with van der Waals surface area (Å²) >= 11 is 0. The first-order chi connectivity index (χ1) is 16.3. The standard InChI is InChI=1S/C28H26FNO4/c1-16(2)20-15-18(13-14-23(20)34-4)26(31)24-25(19-10-6-7-11-21(19)29)30(28(33)27(24)32)22-12-8-5-9-17(22)3/h5-16,25,31H,1-4H3/b26-24+. The number of hydrogen-bond donors (Lipinski definition) is 1. The molecule has 6 heteroatoms. The van der Waals surface area contributed by atoms with Crippen LogP contribution in [0.2, 0.25) is 0 Å². The topological polar surface area (TPSA) is 66.8 Å². The van der Waals surface area contributed by atoms with Gasteiger partial charge in [0, 0.05) is 16.8 Å². The molecule has 1 atom stereocenters. The highest BCUT2D eigenvalue weighted by Crippen LogP contribution is 2.44. The number of halogens is 1. The van der Waals surface area contributed by atoms with Crippen molar-refractivity contribution < 1.29 is 23.8 Å². The minimum atomic E-state index is -1.12.